The minimum Gasteiger partial charge on any atom is -0.480 e. The van der Waals surface area contributed by atoms with Crippen LogP contribution in [0.1, 0.15) is 65.9 Å². The van der Waals surface area contributed by atoms with E-state index in [1.54, 1.807) is 24.3 Å². The second kappa shape index (κ2) is 19.4. The Morgan fingerprint density at radius 3 is 1.67 bits per heavy atom. The van der Waals surface area contributed by atoms with Crippen LogP contribution in [0.3, 0.4) is 0 Å². The molecule has 2 rings (SSSR count). The van der Waals surface area contributed by atoms with Crippen molar-refractivity contribution in [3.63, 3.8) is 0 Å². The number of nitrogens with one attached hydrogen (secondary N) is 5. The van der Waals surface area contributed by atoms with Crippen molar-refractivity contribution in [2.24, 2.45) is 11.3 Å². The van der Waals surface area contributed by atoms with Crippen LogP contribution in [-0.2, 0) is 30.4 Å². The Kier molecular flexibility index (Phi) is 15.7. The average Bonchev–Trinajstić information content (AvgIpc) is 3.01. The number of hydrogen-bond acceptors (Lipinski definition) is 8. The molecular weight excluding hydrogens is 664 g/mol. The van der Waals surface area contributed by atoms with Crippen LogP contribution < -0.4 is 26.6 Å². The summed E-state index contributed by atoms with van der Waals surface area (Å²) in [6, 6.07) is 7.46. The third-order valence-corrected chi connectivity index (χ3v) is 7.12. The Hall–Kier alpha value is -5.80. The molecule has 7 N–H and O–H groups in total. The molecule has 0 aliphatic rings. The first-order valence-corrected chi connectivity index (χ1v) is 16.2. The molecule has 0 spiro atoms. The first kappa shape index (κ1) is 41.4. The molecule has 5 amide bonds. The summed E-state index contributed by atoms with van der Waals surface area (Å²) < 4.78 is 0. The lowest BCUT2D eigenvalue weighted by molar-refractivity contribution is -0.384. The third-order valence-electron chi connectivity index (χ3n) is 7.12. The van der Waals surface area contributed by atoms with Gasteiger partial charge in [-0.05, 0) is 60.4 Å². The topological polar surface area (TPSA) is 246 Å². The van der Waals surface area contributed by atoms with E-state index in [0.717, 1.165) is 0 Å². The van der Waals surface area contributed by atoms with Crippen LogP contribution >= 0.6 is 0 Å². The minimum atomic E-state index is -1.36. The molecule has 0 radical (unpaired) electrons. The lowest BCUT2D eigenvalue weighted by Crippen LogP contribution is -2.52. The zero-order chi connectivity index (χ0) is 38.3. The van der Waals surface area contributed by atoms with E-state index in [2.05, 4.69) is 26.6 Å². The van der Waals surface area contributed by atoms with Crippen LogP contribution in [0.4, 0.5) is 21.9 Å². The van der Waals surface area contributed by atoms with E-state index in [9.17, 15) is 49.1 Å². The molecule has 0 fully saturated rings. The molecule has 0 saturated heterocycles. The number of carbonyl (C=O) groups is 6. The van der Waals surface area contributed by atoms with E-state index in [0.29, 0.717) is 16.9 Å². The molecule has 0 bridgehead atoms. The maximum atomic E-state index is 13.2. The maximum Gasteiger partial charge on any atom is 0.326 e. The smallest absolute Gasteiger partial charge is 0.326 e. The Labute approximate surface area is 295 Å². The number of amides is 5. The van der Waals surface area contributed by atoms with Gasteiger partial charge in [0, 0.05) is 29.9 Å². The lowest BCUT2D eigenvalue weighted by Gasteiger charge is -2.22. The third kappa shape index (κ3) is 16.0. The second-order valence-electron chi connectivity index (χ2n) is 13.5. The fraction of sp³-hybridized carbons (Fsp3) is 0.429. The zero-order valence-electron chi connectivity index (χ0n) is 29.2. The van der Waals surface area contributed by atoms with Gasteiger partial charge < -0.3 is 36.8 Å². The molecule has 2 aromatic carbocycles. The van der Waals surface area contributed by atoms with Crippen molar-refractivity contribution in [1.82, 2.24) is 16.0 Å². The van der Waals surface area contributed by atoms with Gasteiger partial charge in [-0.1, -0.05) is 58.9 Å². The molecule has 0 saturated carbocycles. The molecule has 51 heavy (non-hydrogen) atoms. The molecule has 3 atom stereocenters. The molecular formula is C35H46N6O10. The Morgan fingerprint density at radius 1 is 0.745 bits per heavy atom. The number of anilines is 2. The fourth-order valence-electron chi connectivity index (χ4n) is 4.71. The van der Waals surface area contributed by atoms with Crippen molar-refractivity contribution in [2.75, 3.05) is 10.6 Å². The van der Waals surface area contributed by atoms with Crippen molar-refractivity contribution >= 4 is 52.8 Å². The summed E-state index contributed by atoms with van der Waals surface area (Å²) in [4.78, 5) is 84.4. The van der Waals surface area contributed by atoms with Crippen molar-refractivity contribution in [1.29, 1.82) is 0 Å². The summed E-state index contributed by atoms with van der Waals surface area (Å²) in [6.07, 6.45) is 2.82. The van der Waals surface area contributed by atoms with Gasteiger partial charge in [-0.25, -0.2) is 14.4 Å². The number of hydrogen-bond donors (Lipinski definition) is 7. The number of rotatable bonds is 18. The van der Waals surface area contributed by atoms with Crippen LogP contribution in [0.5, 0.6) is 0 Å². The van der Waals surface area contributed by atoms with Gasteiger partial charge in [-0.15, -0.1) is 0 Å². The molecule has 2 aromatic rings. The number of carbonyl (C=O) groups excluding carboxylic acids is 4. The highest BCUT2D eigenvalue weighted by Crippen LogP contribution is 2.19. The van der Waals surface area contributed by atoms with Crippen molar-refractivity contribution in [2.45, 2.75) is 84.8 Å². The zero-order valence-corrected chi connectivity index (χ0v) is 29.2. The van der Waals surface area contributed by atoms with Crippen molar-refractivity contribution in [3.05, 3.63) is 76.4 Å². The Bertz CT molecular complexity index is 1580. The standard InChI is InChI=1S/C35H46N6O10/c1-21(2)18-28(31(44)40-27(33(47)48)9-7-6-8-26(32(45)46)38-30(43)20-35(3,4)5)39-29(42)19-22-10-12-23(13-11-22)36-34(49)37-24-14-16-25(17-15-24)41(50)51/h6-7,10-17,21,26-28H,8-9,18-20H2,1-5H3,(H,38,43)(H,39,42)(H,40,44)(H,45,46)(H,47,48)(H2,36,37,49). The molecule has 16 heteroatoms. The lowest BCUT2D eigenvalue weighted by atomic mass is 9.92. The second-order valence-corrected chi connectivity index (χ2v) is 13.5. The van der Waals surface area contributed by atoms with Gasteiger partial charge in [0.15, 0.2) is 0 Å². The van der Waals surface area contributed by atoms with Crippen molar-refractivity contribution in [3.8, 4) is 0 Å². The molecule has 0 aliphatic heterocycles. The molecule has 0 heterocycles. The maximum absolute atomic E-state index is 13.2. The van der Waals surface area contributed by atoms with Gasteiger partial charge in [0.05, 0.1) is 11.3 Å². The van der Waals surface area contributed by atoms with E-state index in [-0.39, 0.29) is 49.1 Å². The van der Waals surface area contributed by atoms with Crippen molar-refractivity contribution < 1.29 is 43.9 Å². The Morgan fingerprint density at radius 2 is 1.22 bits per heavy atom. The quantitative estimate of drug-likeness (QED) is 0.0659. The number of nitro groups is 1. The molecule has 0 aromatic heterocycles. The summed E-state index contributed by atoms with van der Waals surface area (Å²) in [6.45, 7) is 9.21. The predicted octanol–water partition coefficient (Wildman–Crippen LogP) is 4.22. The predicted molar refractivity (Wildman–Crippen MR) is 189 cm³/mol. The fourth-order valence-corrected chi connectivity index (χ4v) is 4.71. The number of nitro benzene ring substituents is 1. The summed E-state index contributed by atoms with van der Waals surface area (Å²) >= 11 is 0. The monoisotopic (exact) mass is 710 g/mol. The number of aliphatic carboxylic acids is 2. The highest BCUT2D eigenvalue weighted by atomic mass is 16.6. The SMILES string of the molecule is CC(C)CC(NC(=O)Cc1ccc(NC(=O)Nc2ccc([N+](=O)[O-])cc2)cc1)C(=O)NC(CC=CCC(NC(=O)CC(C)(C)C)C(=O)O)C(=O)O. The van der Waals surface area contributed by atoms with Gasteiger partial charge in [0.2, 0.25) is 17.7 Å². The molecule has 0 aliphatic carbocycles. The number of non-ortho nitro benzene ring substituents is 1. The van der Waals surface area contributed by atoms with Crippen LogP contribution in [0.25, 0.3) is 0 Å². The first-order chi connectivity index (χ1) is 23.8. The van der Waals surface area contributed by atoms with Gasteiger partial charge in [-0.2, -0.15) is 0 Å². The largest absolute Gasteiger partial charge is 0.480 e. The summed E-state index contributed by atoms with van der Waals surface area (Å²) in [5, 5.41) is 42.7. The van der Waals surface area contributed by atoms with E-state index < -0.39 is 58.7 Å². The molecule has 16 nitrogen and oxygen atoms in total. The van der Waals surface area contributed by atoms with Crippen LogP contribution in [0.2, 0.25) is 0 Å². The Balaban J connectivity index is 1.95. The van der Waals surface area contributed by atoms with E-state index in [1.807, 2.05) is 34.6 Å². The normalized spacial score (nSPS) is 13.1. The summed E-state index contributed by atoms with van der Waals surface area (Å²) in [5.74, 6) is -4.22. The number of carboxylic acid groups (broad SMARTS) is 2. The van der Waals surface area contributed by atoms with Gasteiger partial charge in [-0.3, -0.25) is 24.5 Å². The van der Waals surface area contributed by atoms with Gasteiger partial charge >= 0.3 is 18.0 Å². The minimum absolute atomic E-state index is 0.0341. The number of urea groups is 1. The first-order valence-electron chi connectivity index (χ1n) is 16.2. The van der Waals surface area contributed by atoms with Crippen LogP contribution in [-0.4, -0.2) is 69.0 Å². The van der Waals surface area contributed by atoms with E-state index in [4.69, 9.17) is 0 Å². The van der Waals surface area contributed by atoms with E-state index >= 15 is 0 Å². The van der Waals surface area contributed by atoms with E-state index in [1.165, 1.54) is 36.4 Å². The molecule has 3 unspecified atom stereocenters. The summed E-state index contributed by atoms with van der Waals surface area (Å²) in [5.41, 5.74) is 0.874. The number of nitrogens with zero attached hydrogens (tertiary/aromatic N) is 1. The average molecular weight is 711 g/mol. The molecule has 276 valence electrons. The van der Waals surface area contributed by atoms with Gasteiger partial charge in [0.25, 0.3) is 5.69 Å². The summed E-state index contributed by atoms with van der Waals surface area (Å²) in [7, 11) is 0. The highest BCUT2D eigenvalue weighted by Gasteiger charge is 2.27. The highest BCUT2D eigenvalue weighted by molar-refractivity contribution is 5.99. The van der Waals surface area contributed by atoms with Crippen LogP contribution in [0, 0.1) is 21.4 Å². The van der Waals surface area contributed by atoms with Crippen LogP contribution in [0.15, 0.2) is 60.7 Å². The number of benzene rings is 2. The number of carboxylic acids is 2. The van der Waals surface area contributed by atoms with Gasteiger partial charge in [0.1, 0.15) is 18.1 Å².